The first-order valence-corrected chi connectivity index (χ1v) is 25.9. The summed E-state index contributed by atoms with van der Waals surface area (Å²) in [4.78, 5) is 62.0. The number of carbonyl (C=O) groups excluding carboxylic acids is 5. The molecule has 1 N–H and O–H groups in total. The quantitative estimate of drug-likeness (QED) is 0.00766. The molecular weight excluding hydrogens is 981 g/mol. The number of fused-ring (bicyclic) bond motifs is 2. The van der Waals surface area contributed by atoms with Gasteiger partial charge in [0.05, 0.1) is 62.7 Å². The summed E-state index contributed by atoms with van der Waals surface area (Å²) in [6.07, 6.45) is 14.7. The van der Waals surface area contributed by atoms with Crippen molar-refractivity contribution in [2.75, 3.05) is 45.1 Å². The first kappa shape index (κ1) is 57.6. The van der Waals surface area contributed by atoms with Crippen LogP contribution in [-0.2, 0) is 28.6 Å². The molecule has 0 fully saturated rings. The van der Waals surface area contributed by atoms with Gasteiger partial charge in [-0.15, -0.1) is 0 Å². The van der Waals surface area contributed by atoms with Gasteiger partial charge in [0, 0.05) is 40.0 Å². The fourth-order valence-electron chi connectivity index (χ4n) is 7.87. The Labute approximate surface area is 449 Å². The number of ether oxygens (including phenoxy) is 8. The van der Waals surface area contributed by atoms with E-state index < -0.39 is 29.8 Å². The molecule has 15 nitrogen and oxygen atoms in total. The molecule has 15 heteroatoms. The van der Waals surface area contributed by atoms with Gasteiger partial charge in [-0.25, -0.2) is 24.0 Å². The number of nitrogens with one attached hydrogen (secondary N) is 1. The van der Waals surface area contributed by atoms with Crippen molar-refractivity contribution in [2.45, 2.75) is 77.0 Å². The zero-order chi connectivity index (χ0) is 54.5. The van der Waals surface area contributed by atoms with E-state index in [1.165, 1.54) is 6.21 Å². The van der Waals surface area contributed by atoms with Crippen LogP contribution in [0.2, 0.25) is 0 Å². The fraction of sp³-hybridized carbons (Fsp3) is 0.290. The maximum Gasteiger partial charge on any atom is 0.343 e. The van der Waals surface area contributed by atoms with E-state index in [0.29, 0.717) is 79.6 Å². The van der Waals surface area contributed by atoms with E-state index >= 15 is 0 Å². The third kappa shape index (κ3) is 19.2. The highest BCUT2D eigenvalue weighted by Crippen LogP contribution is 2.40. The van der Waals surface area contributed by atoms with Crippen molar-refractivity contribution < 1.29 is 61.9 Å². The summed E-state index contributed by atoms with van der Waals surface area (Å²) in [7, 11) is 0. The van der Waals surface area contributed by atoms with Crippen molar-refractivity contribution in [3.8, 4) is 28.7 Å². The number of carbonyl (C=O) groups is 5. The first-order chi connectivity index (χ1) is 37.6. The second kappa shape index (κ2) is 31.9. The molecule has 0 bridgehead atoms. The zero-order valence-electron chi connectivity index (χ0n) is 43.4. The van der Waals surface area contributed by atoms with E-state index in [2.05, 4.69) is 30.3 Å². The lowest BCUT2D eigenvalue weighted by Crippen LogP contribution is -2.12. The van der Waals surface area contributed by atoms with Gasteiger partial charge in [0.1, 0.15) is 28.7 Å². The van der Waals surface area contributed by atoms with E-state index in [1.54, 1.807) is 72.8 Å². The van der Waals surface area contributed by atoms with Gasteiger partial charge in [-0.2, -0.15) is 5.10 Å². The van der Waals surface area contributed by atoms with E-state index in [0.717, 1.165) is 105 Å². The highest BCUT2D eigenvalue weighted by molar-refractivity contribution is 6.06. The van der Waals surface area contributed by atoms with Crippen LogP contribution in [0.3, 0.4) is 0 Å². The highest BCUT2D eigenvalue weighted by atomic mass is 16.6. The minimum atomic E-state index is -0.657. The molecular formula is C62H66N2O13. The predicted molar refractivity (Wildman–Crippen MR) is 297 cm³/mol. The Morgan fingerprint density at radius 1 is 0.442 bits per heavy atom. The number of benzene rings is 6. The van der Waals surface area contributed by atoms with Crippen molar-refractivity contribution in [2.24, 2.45) is 5.10 Å². The molecule has 0 saturated heterocycles. The average molecular weight is 1050 g/mol. The number of esters is 5. The molecule has 6 rings (SSSR count). The van der Waals surface area contributed by atoms with Crippen molar-refractivity contribution >= 4 is 63.3 Å². The molecule has 77 heavy (non-hydrogen) atoms. The Balaban J connectivity index is 1.22. The van der Waals surface area contributed by atoms with Gasteiger partial charge in [0.2, 0.25) is 0 Å². The van der Waals surface area contributed by atoms with Crippen molar-refractivity contribution in [3.63, 3.8) is 0 Å². The molecule has 6 aromatic rings. The molecule has 0 aromatic heterocycles. The smallest absolute Gasteiger partial charge is 0.343 e. The predicted octanol–water partition coefficient (Wildman–Crippen LogP) is 12.9. The summed E-state index contributed by atoms with van der Waals surface area (Å²) in [6.45, 7) is 12.5. The van der Waals surface area contributed by atoms with Crippen LogP contribution in [0.4, 0.5) is 5.69 Å². The van der Waals surface area contributed by atoms with Gasteiger partial charge in [-0.3, -0.25) is 5.43 Å². The zero-order valence-corrected chi connectivity index (χ0v) is 43.4. The standard InChI is InChI=1S/C62H66N2O13/c1-4-57(65)73-39-18-10-7-15-36-70-49-30-26-46(27-31-49)61(68)76-56-42-48(44-63-64-55-25-21-23-45-22-13-14-24-52(45)55)60(54-43-51(34-35-53(54)56)72-38-17-9-12-20-41-75-59(67)6-3)77-62(69)47-28-32-50(33-29-47)71-37-16-8-11-19-40-74-58(66)5-2/h4-6,13-14,21-35,42-44,64H,1-3,7-12,15-20,36-41H2/b63-44+. The molecule has 0 atom stereocenters. The first-order valence-electron chi connectivity index (χ1n) is 25.9. The van der Waals surface area contributed by atoms with Crippen LogP contribution in [0.1, 0.15) is 103 Å². The van der Waals surface area contributed by atoms with Crippen LogP contribution < -0.4 is 29.1 Å². The lowest BCUT2D eigenvalue weighted by Gasteiger charge is -2.17. The second-order valence-corrected chi connectivity index (χ2v) is 17.6. The topological polar surface area (TPSA) is 184 Å². The summed E-state index contributed by atoms with van der Waals surface area (Å²) in [6, 6.07) is 33.9. The van der Waals surface area contributed by atoms with Gasteiger partial charge in [0.15, 0.2) is 0 Å². The van der Waals surface area contributed by atoms with Gasteiger partial charge in [-0.05, 0) is 161 Å². The minimum absolute atomic E-state index is 0.144. The van der Waals surface area contributed by atoms with Crippen LogP contribution in [0.5, 0.6) is 28.7 Å². The summed E-state index contributed by atoms with van der Waals surface area (Å²) in [5.74, 6) is -0.619. The summed E-state index contributed by atoms with van der Waals surface area (Å²) < 4.78 is 45.8. The van der Waals surface area contributed by atoms with Crippen LogP contribution in [0.25, 0.3) is 21.5 Å². The van der Waals surface area contributed by atoms with Gasteiger partial charge < -0.3 is 37.9 Å². The Morgan fingerprint density at radius 2 is 0.896 bits per heavy atom. The molecule has 0 aliphatic rings. The SMILES string of the molecule is C=CC(=O)OCCCCCCOc1ccc(C(=O)Oc2cc(/C=N/Nc3cccc4ccccc34)c(OC(=O)c3ccc(OCCCCCCOC(=O)C=C)cc3)c3cc(OCCCCCCOC(=O)C=C)ccc23)cc1. The van der Waals surface area contributed by atoms with Gasteiger partial charge in [0.25, 0.3) is 0 Å². The van der Waals surface area contributed by atoms with Crippen molar-refractivity contribution in [1.29, 1.82) is 0 Å². The molecule has 0 saturated carbocycles. The number of hydrogen-bond acceptors (Lipinski definition) is 15. The second-order valence-electron chi connectivity index (χ2n) is 17.6. The largest absolute Gasteiger partial charge is 0.494 e. The van der Waals surface area contributed by atoms with Crippen LogP contribution in [0.15, 0.2) is 158 Å². The van der Waals surface area contributed by atoms with E-state index in [9.17, 15) is 24.0 Å². The number of hydrazone groups is 1. The molecule has 0 heterocycles. The molecule has 0 radical (unpaired) electrons. The third-order valence-electron chi connectivity index (χ3n) is 12.0. The van der Waals surface area contributed by atoms with Crippen LogP contribution >= 0.6 is 0 Å². The lowest BCUT2D eigenvalue weighted by atomic mass is 10.0. The maximum atomic E-state index is 14.2. The molecule has 0 unspecified atom stereocenters. The maximum absolute atomic E-state index is 14.2. The van der Waals surface area contributed by atoms with E-state index in [1.807, 2.05) is 42.5 Å². The summed E-state index contributed by atoms with van der Waals surface area (Å²) in [5, 5.41) is 7.45. The van der Waals surface area contributed by atoms with Gasteiger partial charge >= 0.3 is 29.8 Å². The normalized spacial score (nSPS) is 10.9. The monoisotopic (exact) mass is 1050 g/mol. The highest BCUT2D eigenvalue weighted by Gasteiger charge is 2.21. The van der Waals surface area contributed by atoms with Crippen LogP contribution in [0, 0.1) is 0 Å². The minimum Gasteiger partial charge on any atom is -0.494 e. The lowest BCUT2D eigenvalue weighted by molar-refractivity contribution is -0.138. The van der Waals surface area contributed by atoms with Crippen LogP contribution in [-0.4, -0.2) is 75.7 Å². The van der Waals surface area contributed by atoms with Crippen molar-refractivity contribution in [1.82, 2.24) is 0 Å². The Morgan fingerprint density at radius 3 is 1.42 bits per heavy atom. The fourth-order valence-corrected chi connectivity index (χ4v) is 7.87. The number of nitrogens with zero attached hydrogens (tertiary/aromatic N) is 1. The third-order valence-corrected chi connectivity index (χ3v) is 12.0. The average Bonchev–Trinajstić information content (AvgIpc) is 3.46. The Kier molecular flexibility index (Phi) is 23.8. The summed E-state index contributed by atoms with van der Waals surface area (Å²) >= 11 is 0. The summed E-state index contributed by atoms with van der Waals surface area (Å²) in [5.41, 5.74) is 4.73. The van der Waals surface area contributed by atoms with E-state index in [-0.39, 0.29) is 22.6 Å². The molecule has 6 aromatic carbocycles. The Hall–Kier alpha value is -8.72. The molecule has 402 valence electrons. The number of rotatable bonds is 34. The molecule has 0 aliphatic carbocycles. The Bertz CT molecular complexity index is 2960. The number of unbranched alkanes of at least 4 members (excludes halogenated alkanes) is 9. The van der Waals surface area contributed by atoms with Crippen molar-refractivity contribution in [3.05, 3.63) is 170 Å². The molecule has 0 amide bonds. The van der Waals surface area contributed by atoms with Gasteiger partial charge in [-0.1, -0.05) is 56.1 Å². The number of anilines is 1. The number of hydrogen-bond donors (Lipinski definition) is 1. The molecule has 0 spiro atoms. The van der Waals surface area contributed by atoms with E-state index in [4.69, 9.17) is 37.9 Å². The molecule has 0 aliphatic heterocycles.